The van der Waals surface area contributed by atoms with Gasteiger partial charge >= 0.3 is 0 Å². The van der Waals surface area contributed by atoms with Crippen molar-refractivity contribution in [3.63, 3.8) is 0 Å². The molecule has 0 aromatic carbocycles. The number of rotatable bonds is 5. The molecule has 1 unspecified atom stereocenters. The Kier molecular flexibility index (Phi) is 5.35. The molecule has 0 radical (unpaired) electrons. The molecule has 1 aliphatic heterocycles. The van der Waals surface area contributed by atoms with Gasteiger partial charge in [0.2, 0.25) is 0 Å². The summed E-state index contributed by atoms with van der Waals surface area (Å²) < 4.78 is 0. The van der Waals surface area contributed by atoms with Crippen molar-refractivity contribution in [2.45, 2.75) is 38.1 Å². The van der Waals surface area contributed by atoms with Crippen molar-refractivity contribution in [2.75, 3.05) is 26.2 Å². The van der Waals surface area contributed by atoms with Gasteiger partial charge in [0.05, 0.1) is 0 Å². The monoisotopic (exact) mass is 186 g/mol. The molecule has 1 atom stereocenters. The fourth-order valence-electron chi connectivity index (χ4n) is 2.12. The summed E-state index contributed by atoms with van der Waals surface area (Å²) in [6.45, 7) is 3.41. The maximum atomic E-state index is 8.91. The second-order valence-electron chi connectivity index (χ2n) is 3.84. The Morgan fingerprint density at radius 2 is 2.23 bits per heavy atom. The molecule has 78 valence electrons. The maximum absolute atomic E-state index is 8.91. The molecule has 0 aromatic rings. The Morgan fingerprint density at radius 3 is 2.92 bits per heavy atom. The molecule has 13 heavy (non-hydrogen) atoms. The van der Waals surface area contributed by atoms with Gasteiger partial charge in [0, 0.05) is 12.6 Å². The Balaban J connectivity index is 2.28. The van der Waals surface area contributed by atoms with E-state index in [2.05, 4.69) is 4.90 Å². The predicted molar refractivity (Wildman–Crippen MR) is 54.6 cm³/mol. The highest BCUT2D eigenvalue weighted by Crippen LogP contribution is 2.19. The number of aliphatic hydroxyl groups excluding tert-OH is 1. The molecule has 1 saturated heterocycles. The molecule has 3 N–H and O–H groups in total. The minimum atomic E-state index is 0.323. The van der Waals surface area contributed by atoms with Crippen LogP contribution in [0.4, 0.5) is 0 Å². The molecule has 0 aliphatic carbocycles. The van der Waals surface area contributed by atoms with Crippen molar-refractivity contribution in [3.05, 3.63) is 0 Å². The van der Waals surface area contributed by atoms with E-state index in [-0.39, 0.29) is 0 Å². The highest BCUT2D eigenvalue weighted by molar-refractivity contribution is 4.76. The van der Waals surface area contributed by atoms with E-state index in [0.29, 0.717) is 12.6 Å². The van der Waals surface area contributed by atoms with Crippen LogP contribution in [0.2, 0.25) is 0 Å². The third kappa shape index (κ3) is 3.63. The summed E-state index contributed by atoms with van der Waals surface area (Å²) in [5.74, 6) is 0. The quantitative estimate of drug-likeness (QED) is 0.660. The fourth-order valence-corrected chi connectivity index (χ4v) is 2.12. The Labute approximate surface area is 80.9 Å². The number of nitrogens with two attached hydrogens (primary N) is 1. The number of likely N-dealkylation sites (tertiary alicyclic amines) is 1. The number of aliphatic hydroxyl groups is 1. The van der Waals surface area contributed by atoms with Crippen molar-refractivity contribution in [2.24, 2.45) is 5.73 Å². The number of nitrogens with zero attached hydrogens (tertiary/aromatic N) is 1. The molecular weight excluding hydrogens is 164 g/mol. The van der Waals surface area contributed by atoms with E-state index >= 15 is 0 Å². The summed E-state index contributed by atoms with van der Waals surface area (Å²) in [4.78, 5) is 2.49. The Bertz CT molecular complexity index is 128. The largest absolute Gasteiger partial charge is 0.396 e. The number of hydrogen-bond donors (Lipinski definition) is 2. The lowest BCUT2D eigenvalue weighted by atomic mass is 9.99. The summed E-state index contributed by atoms with van der Waals surface area (Å²) in [5.41, 5.74) is 5.49. The van der Waals surface area contributed by atoms with Gasteiger partial charge in [-0.25, -0.2) is 0 Å². The number of hydrogen-bond acceptors (Lipinski definition) is 3. The van der Waals surface area contributed by atoms with Gasteiger partial charge in [0.15, 0.2) is 0 Å². The van der Waals surface area contributed by atoms with Gasteiger partial charge in [0.1, 0.15) is 0 Å². The molecule has 1 heterocycles. The molecule has 3 nitrogen and oxygen atoms in total. The molecule has 0 bridgehead atoms. The van der Waals surface area contributed by atoms with Crippen LogP contribution in [0.25, 0.3) is 0 Å². The van der Waals surface area contributed by atoms with Gasteiger partial charge in [-0.3, -0.25) is 0 Å². The summed E-state index contributed by atoms with van der Waals surface area (Å²) in [5, 5.41) is 8.91. The summed E-state index contributed by atoms with van der Waals surface area (Å²) in [6, 6.07) is 0.616. The van der Waals surface area contributed by atoms with Crippen LogP contribution in [-0.2, 0) is 0 Å². The van der Waals surface area contributed by atoms with Crippen molar-refractivity contribution >= 4 is 0 Å². The van der Waals surface area contributed by atoms with E-state index in [1.807, 2.05) is 0 Å². The molecule has 0 saturated carbocycles. The third-order valence-electron chi connectivity index (χ3n) is 2.86. The van der Waals surface area contributed by atoms with E-state index in [4.69, 9.17) is 10.8 Å². The fraction of sp³-hybridized carbons (Fsp3) is 1.00. The van der Waals surface area contributed by atoms with Crippen LogP contribution in [0.1, 0.15) is 32.1 Å². The topological polar surface area (TPSA) is 49.5 Å². The van der Waals surface area contributed by atoms with Crippen molar-refractivity contribution < 1.29 is 5.11 Å². The van der Waals surface area contributed by atoms with E-state index in [1.54, 1.807) is 0 Å². The predicted octanol–water partition coefficient (Wildman–Crippen LogP) is 0.572. The first-order valence-electron chi connectivity index (χ1n) is 5.43. The molecule has 0 aromatic heterocycles. The van der Waals surface area contributed by atoms with Crippen molar-refractivity contribution in [3.8, 4) is 0 Å². The average Bonchev–Trinajstić information content (AvgIpc) is 2.17. The maximum Gasteiger partial charge on any atom is 0.0445 e. The molecule has 0 spiro atoms. The zero-order chi connectivity index (χ0) is 9.52. The lowest BCUT2D eigenvalue weighted by Crippen LogP contribution is -2.41. The summed E-state index contributed by atoms with van der Waals surface area (Å²) in [6.07, 6.45) is 5.91. The van der Waals surface area contributed by atoms with Gasteiger partial charge in [0.25, 0.3) is 0 Å². The molecule has 0 amide bonds. The summed E-state index contributed by atoms with van der Waals surface area (Å²) >= 11 is 0. The van der Waals surface area contributed by atoms with Crippen LogP contribution >= 0.6 is 0 Å². The summed E-state index contributed by atoms with van der Waals surface area (Å²) in [7, 11) is 0. The van der Waals surface area contributed by atoms with Crippen LogP contribution in [0.3, 0.4) is 0 Å². The molecular formula is C10H22N2O. The van der Waals surface area contributed by atoms with Gasteiger partial charge in [-0.1, -0.05) is 6.42 Å². The van der Waals surface area contributed by atoms with Crippen molar-refractivity contribution in [1.29, 1.82) is 0 Å². The SMILES string of the molecule is NCCCN1CCCCC1CCO. The molecule has 1 rings (SSSR count). The molecule has 1 aliphatic rings. The molecule has 3 heteroatoms. The minimum absolute atomic E-state index is 0.323. The first kappa shape index (κ1) is 11.0. The second-order valence-corrected chi connectivity index (χ2v) is 3.84. The lowest BCUT2D eigenvalue weighted by Gasteiger charge is -2.35. The van der Waals surface area contributed by atoms with Crippen LogP contribution in [0.15, 0.2) is 0 Å². The smallest absolute Gasteiger partial charge is 0.0445 e. The van der Waals surface area contributed by atoms with Gasteiger partial charge in [-0.05, 0) is 45.3 Å². The Hall–Kier alpha value is -0.120. The van der Waals surface area contributed by atoms with Crippen LogP contribution in [-0.4, -0.2) is 42.3 Å². The second kappa shape index (κ2) is 6.35. The van der Waals surface area contributed by atoms with Gasteiger partial charge in [-0.2, -0.15) is 0 Å². The van der Waals surface area contributed by atoms with Crippen LogP contribution in [0.5, 0.6) is 0 Å². The number of piperidine rings is 1. The Morgan fingerprint density at radius 1 is 1.38 bits per heavy atom. The lowest BCUT2D eigenvalue weighted by molar-refractivity contribution is 0.119. The molecule has 1 fully saturated rings. The highest BCUT2D eigenvalue weighted by Gasteiger charge is 2.20. The zero-order valence-electron chi connectivity index (χ0n) is 8.41. The van der Waals surface area contributed by atoms with Gasteiger partial charge in [-0.15, -0.1) is 0 Å². The highest BCUT2D eigenvalue weighted by atomic mass is 16.3. The third-order valence-corrected chi connectivity index (χ3v) is 2.86. The van der Waals surface area contributed by atoms with E-state index < -0.39 is 0 Å². The normalized spacial score (nSPS) is 24.9. The van der Waals surface area contributed by atoms with Crippen molar-refractivity contribution in [1.82, 2.24) is 4.90 Å². The zero-order valence-corrected chi connectivity index (χ0v) is 8.41. The minimum Gasteiger partial charge on any atom is -0.396 e. The van der Waals surface area contributed by atoms with E-state index in [9.17, 15) is 0 Å². The van der Waals surface area contributed by atoms with E-state index in [1.165, 1.54) is 25.8 Å². The standard InChI is InChI=1S/C10H22N2O/c11-6-3-8-12-7-2-1-4-10(12)5-9-13/h10,13H,1-9,11H2. The average molecular weight is 186 g/mol. The first-order valence-corrected chi connectivity index (χ1v) is 5.43. The first-order chi connectivity index (χ1) is 6.38. The van der Waals surface area contributed by atoms with Gasteiger partial charge < -0.3 is 15.7 Å². The van der Waals surface area contributed by atoms with Crippen LogP contribution in [0, 0.1) is 0 Å². The van der Waals surface area contributed by atoms with E-state index in [0.717, 1.165) is 25.9 Å². The van der Waals surface area contributed by atoms with Crippen LogP contribution < -0.4 is 5.73 Å².